The standard InChI is InChI=1S/C10H19NO4/c1-7(8(12)13)5-6-11-9(14)15-10(2,3)4/h7H,5-6H2,1-4H3,(H,11,14)(H,12,13)/t7-/m0/s1. The quantitative estimate of drug-likeness (QED) is 0.750. The molecule has 88 valence electrons. The SMILES string of the molecule is C[C@@H](CCNC(=O)OC(C)(C)C)C(=O)O. The van der Waals surface area contributed by atoms with Gasteiger partial charge in [0.1, 0.15) is 5.60 Å². The first-order valence-electron chi connectivity index (χ1n) is 4.92. The largest absolute Gasteiger partial charge is 0.481 e. The van der Waals surface area contributed by atoms with Crippen molar-refractivity contribution in [1.82, 2.24) is 5.32 Å². The molecule has 15 heavy (non-hydrogen) atoms. The van der Waals surface area contributed by atoms with Gasteiger partial charge in [-0.15, -0.1) is 0 Å². The topological polar surface area (TPSA) is 75.6 Å². The van der Waals surface area contributed by atoms with E-state index in [1.165, 1.54) is 0 Å². The average Bonchev–Trinajstić information content (AvgIpc) is 2.00. The van der Waals surface area contributed by atoms with Crippen molar-refractivity contribution >= 4 is 12.1 Å². The van der Waals surface area contributed by atoms with Crippen molar-refractivity contribution in [2.45, 2.75) is 39.7 Å². The van der Waals surface area contributed by atoms with Crippen LogP contribution in [0.15, 0.2) is 0 Å². The molecule has 0 aromatic rings. The normalized spacial score (nSPS) is 13.1. The van der Waals surface area contributed by atoms with E-state index in [1.807, 2.05) is 0 Å². The van der Waals surface area contributed by atoms with Crippen LogP contribution < -0.4 is 5.32 Å². The molecule has 0 aliphatic carbocycles. The lowest BCUT2D eigenvalue weighted by atomic mass is 10.1. The summed E-state index contributed by atoms with van der Waals surface area (Å²) in [4.78, 5) is 21.6. The number of aliphatic carboxylic acids is 1. The summed E-state index contributed by atoms with van der Waals surface area (Å²) < 4.78 is 4.98. The fourth-order valence-electron chi connectivity index (χ4n) is 0.828. The number of carbonyl (C=O) groups is 2. The molecule has 1 amide bonds. The van der Waals surface area contributed by atoms with Crippen LogP contribution in [0.4, 0.5) is 4.79 Å². The van der Waals surface area contributed by atoms with Gasteiger partial charge >= 0.3 is 12.1 Å². The molecule has 0 radical (unpaired) electrons. The summed E-state index contributed by atoms with van der Waals surface area (Å²) >= 11 is 0. The molecule has 0 spiro atoms. The first-order chi connectivity index (χ1) is 6.72. The molecule has 0 aromatic carbocycles. The Balaban J connectivity index is 3.69. The lowest BCUT2D eigenvalue weighted by molar-refractivity contribution is -0.141. The molecule has 1 atom stereocenters. The van der Waals surface area contributed by atoms with Gasteiger partial charge in [-0.3, -0.25) is 4.79 Å². The van der Waals surface area contributed by atoms with Gasteiger partial charge in [-0.1, -0.05) is 6.92 Å². The Morgan fingerprint density at radius 3 is 2.33 bits per heavy atom. The predicted molar refractivity (Wildman–Crippen MR) is 55.7 cm³/mol. The molecule has 0 aliphatic heterocycles. The first kappa shape index (κ1) is 13.7. The Hall–Kier alpha value is -1.26. The molecule has 0 fully saturated rings. The summed E-state index contributed by atoms with van der Waals surface area (Å²) in [5, 5.41) is 11.1. The monoisotopic (exact) mass is 217 g/mol. The zero-order valence-electron chi connectivity index (χ0n) is 9.66. The van der Waals surface area contributed by atoms with E-state index < -0.39 is 23.6 Å². The zero-order chi connectivity index (χ0) is 12.1. The van der Waals surface area contributed by atoms with Gasteiger partial charge in [-0.25, -0.2) is 4.79 Å². The summed E-state index contributed by atoms with van der Waals surface area (Å²) in [5.41, 5.74) is -0.525. The molecule has 0 bridgehead atoms. The van der Waals surface area contributed by atoms with Gasteiger partial charge in [-0.05, 0) is 27.2 Å². The fraction of sp³-hybridized carbons (Fsp3) is 0.800. The summed E-state index contributed by atoms with van der Waals surface area (Å²) in [6.07, 6.45) is -0.116. The highest BCUT2D eigenvalue weighted by Gasteiger charge is 2.16. The summed E-state index contributed by atoms with van der Waals surface area (Å²) in [6, 6.07) is 0. The molecular weight excluding hydrogens is 198 g/mol. The number of alkyl carbamates (subject to hydrolysis) is 1. The molecule has 0 heterocycles. The maximum Gasteiger partial charge on any atom is 0.407 e. The molecule has 0 aliphatic rings. The van der Waals surface area contributed by atoms with Crippen molar-refractivity contribution in [2.24, 2.45) is 5.92 Å². The Morgan fingerprint density at radius 1 is 1.40 bits per heavy atom. The number of amides is 1. The van der Waals surface area contributed by atoms with Gasteiger partial charge in [0, 0.05) is 6.54 Å². The molecule has 0 rings (SSSR count). The number of nitrogens with one attached hydrogen (secondary N) is 1. The summed E-state index contributed by atoms with van der Waals surface area (Å²) in [6.45, 7) is 7.22. The molecule has 0 aromatic heterocycles. The van der Waals surface area contributed by atoms with Crippen LogP contribution in [-0.4, -0.2) is 29.3 Å². The Morgan fingerprint density at radius 2 is 1.93 bits per heavy atom. The second-order valence-electron chi connectivity index (χ2n) is 4.46. The Bertz CT molecular complexity index is 232. The third-order valence-electron chi connectivity index (χ3n) is 1.67. The minimum absolute atomic E-state index is 0.308. The number of ether oxygens (including phenoxy) is 1. The van der Waals surface area contributed by atoms with E-state index in [1.54, 1.807) is 27.7 Å². The van der Waals surface area contributed by atoms with E-state index in [4.69, 9.17) is 9.84 Å². The third kappa shape index (κ3) is 7.78. The highest BCUT2D eigenvalue weighted by Crippen LogP contribution is 2.06. The lowest BCUT2D eigenvalue weighted by Crippen LogP contribution is -2.33. The van der Waals surface area contributed by atoms with Gasteiger partial charge in [0.15, 0.2) is 0 Å². The van der Waals surface area contributed by atoms with Crippen LogP contribution in [0.25, 0.3) is 0 Å². The van der Waals surface area contributed by atoms with Gasteiger partial charge in [0.05, 0.1) is 5.92 Å². The summed E-state index contributed by atoms with van der Waals surface area (Å²) in [7, 11) is 0. The van der Waals surface area contributed by atoms with Crippen LogP contribution in [0.3, 0.4) is 0 Å². The van der Waals surface area contributed by atoms with Crippen molar-refractivity contribution in [1.29, 1.82) is 0 Å². The van der Waals surface area contributed by atoms with Crippen LogP contribution in [-0.2, 0) is 9.53 Å². The highest BCUT2D eigenvalue weighted by atomic mass is 16.6. The molecule has 2 N–H and O–H groups in total. The first-order valence-corrected chi connectivity index (χ1v) is 4.92. The van der Waals surface area contributed by atoms with E-state index in [0.717, 1.165) is 0 Å². The smallest absolute Gasteiger partial charge is 0.407 e. The van der Waals surface area contributed by atoms with Crippen molar-refractivity contribution in [2.75, 3.05) is 6.54 Å². The van der Waals surface area contributed by atoms with Crippen LogP contribution in [0.1, 0.15) is 34.1 Å². The van der Waals surface area contributed by atoms with E-state index in [9.17, 15) is 9.59 Å². The number of carboxylic acid groups (broad SMARTS) is 1. The number of carbonyl (C=O) groups excluding carboxylic acids is 1. The summed E-state index contributed by atoms with van der Waals surface area (Å²) in [5.74, 6) is -1.32. The maximum atomic E-state index is 11.1. The lowest BCUT2D eigenvalue weighted by Gasteiger charge is -2.19. The third-order valence-corrected chi connectivity index (χ3v) is 1.67. The van der Waals surface area contributed by atoms with E-state index in [2.05, 4.69) is 5.32 Å². The fourth-order valence-corrected chi connectivity index (χ4v) is 0.828. The second kappa shape index (κ2) is 5.58. The Kier molecular flexibility index (Phi) is 5.11. The number of carboxylic acids is 1. The van der Waals surface area contributed by atoms with Crippen molar-refractivity contribution in [3.63, 3.8) is 0 Å². The Labute approximate surface area is 89.8 Å². The van der Waals surface area contributed by atoms with Crippen LogP contribution >= 0.6 is 0 Å². The van der Waals surface area contributed by atoms with Gasteiger partial charge < -0.3 is 15.2 Å². The van der Waals surface area contributed by atoms with E-state index in [-0.39, 0.29) is 0 Å². The number of hydrogen-bond acceptors (Lipinski definition) is 3. The molecular formula is C10H19NO4. The minimum Gasteiger partial charge on any atom is -0.481 e. The van der Waals surface area contributed by atoms with Gasteiger partial charge in [-0.2, -0.15) is 0 Å². The molecule has 0 saturated carbocycles. The molecule has 0 unspecified atom stereocenters. The van der Waals surface area contributed by atoms with Crippen LogP contribution in [0.5, 0.6) is 0 Å². The number of rotatable bonds is 4. The van der Waals surface area contributed by atoms with Gasteiger partial charge in [0.2, 0.25) is 0 Å². The van der Waals surface area contributed by atoms with Crippen LogP contribution in [0, 0.1) is 5.92 Å². The predicted octanol–water partition coefficient (Wildman–Crippen LogP) is 1.62. The van der Waals surface area contributed by atoms with Gasteiger partial charge in [0.25, 0.3) is 0 Å². The second-order valence-corrected chi connectivity index (χ2v) is 4.46. The molecule has 5 heteroatoms. The van der Waals surface area contributed by atoms with Crippen molar-refractivity contribution < 1.29 is 19.4 Å². The molecule has 5 nitrogen and oxygen atoms in total. The minimum atomic E-state index is -0.860. The average molecular weight is 217 g/mol. The zero-order valence-corrected chi connectivity index (χ0v) is 9.66. The van der Waals surface area contributed by atoms with E-state index >= 15 is 0 Å². The van der Waals surface area contributed by atoms with Crippen LogP contribution in [0.2, 0.25) is 0 Å². The van der Waals surface area contributed by atoms with E-state index in [0.29, 0.717) is 13.0 Å². The maximum absolute atomic E-state index is 11.1. The highest BCUT2D eigenvalue weighted by molar-refractivity contribution is 5.70. The van der Waals surface area contributed by atoms with Crippen molar-refractivity contribution in [3.05, 3.63) is 0 Å². The van der Waals surface area contributed by atoms with Crippen molar-refractivity contribution in [3.8, 4) is 0 Å². The number of hydrogen-bond donors (Lipinski definition) is 2. The molecule has 0 saturated heterocycles.